The molecule has 0 atom stereocenters. The molecule has 1 rings (SSSR count). The number of rotatable bonds is 11. The number of nitrogens with one attached hydrogen (secondary N) is 1. The number of hydrogen-bond acceptors (Lipinski definition) is 5. The van der Waals surface area contributed by atoms with Crippen molar-refractivity contribution in [2.75, 3.05) is 44.4 Å². The zero-order valence-corrected chi connectivity index (χ0v) is 16.2. The molecule has 0 aliphatic rings. The van der Waals surface area contributed by atoms with E-state index < -0.39 is 0 Å². The Bertz CT molecular complexity index is 429. The molecule has 22 heavy (non-hydrogen) atoms. The number of amides is 1. The summed E-state index contributed by atoms with van der Waals surface area (Å²) in [6, 6.07) is 7.55. The van der Waals surface area contributed by atoms with Crippen LogP contribution in [0.4, 0.5) is 0 Å². The second kappa shape index (κ2) is 12.4. The Hall–Kier alpha value is -0.0100. The third kappa shape index (κ3) is 10.7. The summed E-state index contributed by atoms with van der Waals surface area (Å²) in [5.74, 6) is 2.75. The maximum atomic E-state index is 11.7. The zero-order valence-electron chi connectivity index (χ0n) is 13.0. The van der Waals surface area contributed by atoms with Crippen LogP contribution >= 0.6 is 45.0 Å². The van der Waals surface area contributed by atoms with Crippen molar-refractivity contribution in [3.8, 4) is 0 Å². The molecule has 124 valence electrons. The largest absolute Gasteiger partial charge is 0.355 e. The molecule has 0 aliphatic heterocycles. The van der Waals surface area contributed by atoms with E-state index in [2.05, 4.69) is 24.3 Å². The van der Waals surface area contributed by atoms with Crippen LogP contribution in [0, 0.1) is 0 Å². The minimum Gasteiger partial charge on any atom is -0.355 e. The average Bonchev–Trinajstić information content (AvgIpc) is 2.49. The Balaban J connectivity index is 1.96. The molecule has 0 heterocycles. The third-order valence-electron chi connectivity index (χ3n) is 2.62. The highest BCUT2D eigenvalue weighted by atomic mass is 35.5. The number of halogens is 1. The maximum absolute atomic E-state index is 11.7. The zero-order chi connectivity index (χ0) is 16.2. The fraction of sp³-hybridized carbons (Fsp3) is 0.533. The van der Waals surface area contributed by atoms with Crippen molar-refractivity contribution in [2.24, 2.45) is 0 Å². The van der Waals surface area contributed by atoms with E-state index in [1.54, 1.807) is 0 Å². The van der Waals surface area contributed by atoms with Crippen LogP contribution in [0.1, 0.15) is 6.42 Å². The standard InChI is InChI=1S/C15H23ClN2OS3/c1-18(2)9-11-22-21-10-3-8-17-15(19)12-20-14-6-4-13(16)5-7-14/h4-7H,3,8-12H2,1-2H3,(H,17,19). The van der Waals surface area contributed by atoms with Crippen molar-refractivity contribution in [3.63, 3.8) is 0 Å². The fourth-order valence-corrected chi connectivity index (χ4v) is 4.50. The highest BCUT2D eigenvalue weighted by Crippen LogP contribution is 2.21. The molecular weight excluding hydrogens is 356 g/mol. The van der Waals surface area contributed by atoms with Gasteiger partial charge in [-0.3, -0.25) is 4.79 Å². The highest BCUT2D eigenvalue weighted by molar-refractivity contribution is 8.76. The summed E-state index contributed by atoms with van der Waals surface area (Å²) in [5.41, 5.74) is 0. The van der Waals surface area contributed by atoms with Gasteiger partial charge in [0.15, 0.2) is 0 Å². The maximum Gasteiger partial charge on any atom is 0.230 e. The molecule has 3 nitrogen and oxygen atoms in total. The lowest BCUT2D eigenvalue weighted by Gasteiger charge is -2.08. The van der Waals surface area contributed by atoms with E-state index in [-0.39, 0.29) is 5.91 Å². The summed E-state index contributed by atoms with van der Waals surface area (Å²) in [5, 5.41) is 3.67. The van der Waals surface area contributed by atoms with Gasteiger partial charge in [-0.15, -0.1) is 11.8 Å². The Morgan fingerprint density at radius 2 is 1.86 bits per heavy atom. The van der Waals surface area contributed by atoms with Crippen LogP contribution in [-0.2, 0) is 4.79 Å². The average molecular weight is 379 g/mol. The molecule has 0 spiro atoms. The summed E-state index contributed by atoms with van der Waals surface area (Å²) >= 11 is 7.36. The number of thioether (sulfide) groups is 1. The summed E-state index contributed by atoms with van der Waals surface area (Å²) in [6.45, 7) is 1.86. The molecule has 0 aromatic heterocycles. The SMILES string of the molecule is CN(C)CCSSCCCNC(=O)CSc1ccc(Cl)cc1. The number of carbonyl (C=O) groups excluding carboxylic acids is 1. The molecule has 0 radical (unpaired) electrons. The lowest BCUT2D eigenvalue weighted by molar-refractivity contribution is -0.118. The minimum absolute atomic E-state index is 0.0882. The van der Waals surface area contributed by atoms with Crippen molar-refractivity contribution >= 4 is 50.9 Å². The van der Waals surface area contributed by atoms with Crippen molar-refractivity contribution in [2.45, 2.75) is 11.3 Å². The Morgan fingerprint density at radius 1 is 1.18 bits per heavy atom. The van der Waals surface area contributed by atoms with E-state index in [4.69, 9.17) is 11.6 Å². The first-order valence-electron chi connectivity index (χ1n) is 7.12. The second-order valence-electron chi connectivity index (χ2n) is 4.89. The van der Waals surface area contributed by atoms with E-state index in [1.165, 1.54) is 11.8 Å². The van der Waals surface area contributed by atoms with Crippen LogP contribution in [0.3, 0.4) is 0 Å². The van der Waals surface area contributed by atoms with Crippen molar-refractivity contribution in [3.05, 3.63) is 29.3 Å². The quantitative estimate of drug-likeness (QED) is 0.359. The van der Waals surface area contributed by atoms with Crippen LogP contribution < -0.4 is 5.32 Å². The third-order valence-corrected chi connectivity index (χ3v) is 6.35. The van der Waals surface area contributed by atoms with Gasteiger partial charge < -0.3 is 10.2 Å². The Morgan fingerprint density at radius 3 is 2.55 bits per heavy atom. The molecule has 0 fully saturated rings. The summed E-state index contributed by atoms with van der Waals surface area (Å²) in [4.78, 5) is 15.0. The van der Waals surface area contributed by atoms with Crippen molar-refractivity contribution in [1.29, 1.82) is 0 Å². The number of nitrogens with zero attached hydrogens (tertiary/aromatic N) is 1. The monoisotopic (exact) mass is 378 g/mol. The lowest BCUT2D eigenvalue weighted by atomic mass is 10.4. The van der Waals surface area contributed by atoms with Gasteiger partial charge in [0.25, 0.3) is 0 Å². The van der Waals surface area contributed by atoms with Gasteiger partial charge in [0, 0.05) is 34.5 Å². The first-order chi connectivity index (χ1) is 10.6. The Kier molecular flexibility index (Phi) is 11.3. The first kappa shape index (κ1) is 20.0. The molecule has 7 heteroatoms. The predicted octanol–water partition coefficient (Wildman–Crippen LogP) is 3.88. The minimum atomic E-state index is 0.0882. The molecule has 0 aliphatic carbocycles. The van der Waals surface area contributed by atoms with Crippen molar-refractivity contribution < 1.29 is 4.79 Å². The predicted molar refractivity (Wildman–Crippen MR) is 103 cm³/mol. The highest BCUT2D eigenvalue weighted by Gasteiger charge is 2.02. The lowest BCUT2D eigenvalue weighted by Crippen LogP contribution is -2.26. The van der Waals surface area contributed by atoms with E-state index in [9.17, 15) is 4.79 Å². The van der Waals surface area contributed by atoms with Gasteiger partial charge in [-0.25, -0.2) is 0 Å². The Labute approximate surface area is 150 Å². The second-order valence-corrected chi connectivity index (χ2v) is 9.08. The molecule has 0 saturated carbocycles. The van der Waals surface area contributed by atoms with E-state index in [0.717, 1.165) is 40.9 Å². The molecule has 1 aromatic carbocycles. The van der Waals surface area contributed by atoms with Gasteiger partial charge in [-0.1, -0.05) is 33.2 Å². The molecule has 0 bridgehead atoms. The van der Waals surface area contributed by atoms with Crippen LogP contribution in [0.5, 0.6) is 0 Å². The molecule has 1 N–H and O–H groups in total. The van der Waals surface area contributed by atoms with Crippen LogP contribution in [-0.4, -0.2) is 55.3 Å². The summed E-state index contributed by atoms with van der Waals surface area (Å²) < 4.78 is 0. The fourth-order valence-electron chi connectivity index (χ4n) is 1.43. The molecular formula is C15H23ClN2OS3. The van der Waals surface area contributed by atoms with Crippen molar-refractivity contribution in [1.82, 2.24) is 10.2 Å². The van der Waals surface area contributed by atoms with Crippen LogP contribution in [0.15, 0.2) is 29.2 Å². The smallest absolute Gasteiger partial charge is 0.230 e. The van der Waals surface area contributed by atoms with Gasteiger partial charge in [-0.05, 0) is 44.8 Å². The number of carbonyl (C=O) groups is 1. The molecule has 0 saturated heterocycles. The summed E-state index contributed by atoms with van der Waals surface area (Å²) in [6.07, 6.45) is 1.01. The van der Waals surface area contributed by atoms with Gasteiger partial charge in [0.05, 0.1) is 5.75 Å². The van der Waals surface area contributed by atoms with Gasteiger partial charge in [0.1, 0.15) is 0 Å². The van der Waals surface area contributed by atoms with Gasteiger partial charge >= 0.3 is 0 Å². The van der Waals surface area contributed by atoms with E-state index in [0.29, 0.717) is 5.75 Å². The number of benzene rings is 1. The van der Waals surface area contributed by atoms with E-state index >= 15 is 0 Å². The number of hydrogen-bond donors (Lipinski definition) is 1. The first-order valence-corrected chi connectivity index (χ1v) is 11.0. The van der Waals surface area contributed by atoms with Crippen LogP contribution in [0.25, 0.3) is 0 Å². The topological polar surface area (TPSA) is 32.3 Å². The molecule has 0 unspecified atom stereocenters. The van der Waals surface area contributed by atoms with Gasteiger partial charge in [0.2, 0.25) is 5.91 Å². The molecule has 1 amide bonds. The molecule has 1 aromatic rings. The normalized spacial score (nSPS) is 10.9. The van der Waals surface area contributed by atoms with Crippen LogP contribution in [0.2, 0.25) is 5.02 Å². The van der Waals surface area contributed by atoms with Gasteiger partial charge in [-0.2, -0.15) is 0 Å². The summed E-state index contributed by atoms with van der Waals surface area (Å²) in [7, 11) is 7.95. The van der Waals surface area contributed by atoms with E-state index in [1.807, 2.05) is 45.9 Å².